The Labute approximate surface area is 60.7 Å². The van der Waals surface area contributed by atoms with Crippen molar-refractivity contribution < 1.29 is 25.5 Å². The minimum absolute atomic E-state index is 0.219. The summed E-state index contributed by atoms with van der Waals surface area (Å²) in [6.07, 6.45) is 3.43. The van der Waals surface area contributed by atoms with Crippen LogP contribution in [0.15, 0.2) is 0 Å². The molecule has 8 heavy (non-hydrogen) atoms. The van der Waals surface area contributed by atoms with E-state index < -0.39 is 0 Å². The molecule has 0 bridgehead atoms. The molecule has 0 saturated heterocycles. The van der Waals surface area contributed by atoms with E-state index in [1.807, 2.05) is 0 Å². The molecule has 1 aliphatic carbocycles. The second kappa shape index (κ2) is 2.65. The van der Waals surface area contributed by atoms with Crippen LogP contribution in [-0.2, 0) is 25.5 Å². The Kier molecular flexibility index (Phi) is 2.09. The van der Waals surface area contributed by atoms with Gasteiger partial charge in [-0.05, 0) is 0 Å². The van der Waals surface area contributed by atoms with E-state index in [1.54, 1.807) is 20.7 Å². The minimum atomic E-state index is 0.219. The van der Waals surface area contributed by atoms with E-state index in [9.17, 15) is 4.79 Å². The summed E-state index contributed by atoms with van der Waals surface area (Å²) in [6, 6.07) is 0. The van der Waals surface area contributed by atoms with E-state index >= 15 is 0 Å². The van der Waals surface area contributed by atoms with Crippen LogP contribution in [0.3, 0.4) is 0 Å². The van der Waals surface area contributed by atoms with Gasteiger partial charge in [-0.1, -0.05) is 0 Å². The van der Waals surface area contributed by atoms with Crippen LogP contribution in [0.25, 0.3) is 0 Å². The van der Waals surface area contributed by atoms with E-state index in [2.05, 4.69) is 3.80 Å². The van der Waals surface area contributed by atoms with Crippen LogP contribution in [0.1, 0.15) is 19.3 Å². The van der Waals surface area contributed by atoms with E-state index in [4.69, 9.17) is 0 Å². The van der Waals surface area contributed by atoms with E-state index in [1.165, 1.54) is 6.42 Å². The fourth-order valence-electron chi connectivity index (χ4n) is 0.772. The van der Waals surface area contributed by atoms with Gasteiger partial charge in [0.15, 0.2) is 0 Å². The second-order valence-electron chi connectivity index (χ2n) is 2.12. The Morgan fingerprint density at radius 3 is 2.38 bits per heavy atom. The first-order valence-corrected chi connectivity index (χ1v) is 3.59. The van der Waals surface area contributed by atoms with Gasteiger partial charge in [0.05, 0.1) is 0 Å². The normalized spacial score (nSPS) is 19.4. The molecule has 43 valence electrons. The molecule has 0 heterocycles. The van der Waals surface area contributed by atoms with E-state index in [0.717, 1.165) is 12.8 Å². The Hall–Kier alpha value is 0.184. The van der Waals surface area contributed by atoms with Gasteiger partial charge in [0, 0.05) is 0 Å². The number of nitrogens with one attached hydrogen (secondary N) is 1. The summed E-state index contributed by atoms with van der Waals surface area (Å²) in [7, 11) is 0. The van der Waals surface area contributed by atoms with Crippen molar-refractivity contribution in [1.29, 1.82) is 0 Å². The van der Waals surface area contributed by atoms with Crippen LogP contribution < -0.4 is 3.80 Å². The van der Waals surface area contributed by atoms with Crippen LogP contribution in [0.5, 0.6) is 0 Å². The topological polar surface area (TPSA) is 29.1 Å². The molecule has 0 aromatic rings. The molecule has 0 radical (unpaired) electrons. The Morgan fingerprint density at radius 1 is 1.62 bits per heavy atom. The first-order chi connectivity index (χ1) is 3.84. The van der Waals surface area contributed by atoms with Crippen LogP contribution in [0.4, 0.5) is 0 Å². The van der Waals surface area contributed by atoms with Gasteiger partial charge in [0.25, 0.3) is 0 Å². The number of carbonyl (C=O) groups is 1. The molecule has 0 aliphatic heterocycles. The number of carbonyl (C=O) groups excluding carboxylic acids is 1. The average Bonchev–Trinajstić information content (AvgIpc) is 1.62. The summed E-state index contributed by atoms with van der Waals surface area (Å²) < 4.78 is 2.63. The monoisotopic (exact) mass is 146 g/mol. The summed E-state index contributed by atoms with van der Waals surface area (Å²) in [5.74, 6) is 0.566. The van der Waals surface area contributed by atoms with Crippen molar-refractivity contribution >= 4 is 5.91 Å². The van der Waals surface area contributed by atoms with Crippen molar-refractivity contribution in [3.05, 3.63) is 0 Å². The van der Waals surface area contributed by atoms with Crippen molar-refractivity contribution in [3.63, 3.8) is 0 Å². The maximum absolute atomic E-state index is 10.7. The van der Waals surface area contributed by atoms with Gasteiger partial charge in [-0.2, -0.15) is 0 Å². The molecule has 1 fully saturated rings. The molecule has 0 unspecified atom stereocenters. The third kappa shape index (κ3) is 1.12. The summed E-state index contributed by atoms with van der Waals surface area (Å²) in [5, 5.41) is 0. The van der Waals surface area contributed by atoms with Gasteiger partial charge >= 0.3 is 60.4 Å². The molecule has 1 aliphatic rings. The van der Waals surface area contributed by atoms with Crippen molar-refractivity contribution in [3.8, 4) is 0 Å². The maximum atomic E-state index is 10.7. The molecule has 3 heteroatoms. The fourth-order valence-corrected chi connectivity index (χ4v) is 1.09. The number of rotatable bonds is 1. The van der Waals surface area contributed by atoms with E-state index in [0.29, 0.717) is 5.92 Å². The summed E-state index contributed by atoms with van der Waals surface area (Å²) in [6.45, 7) is 0. The zero-order valence-corrected chi connectivity index (χ0v) is 6.17. The van der Waals surface area contributed by atoms with Crippen molar-refractivity contribution in [2.45, 2.75) is 19.3 Å². The number of amides is 1. The fraction of sp³-hybridized carbons (Fsp3) is 0.800. The zero-order valence-electron chi connectivity index (χ0n) is 4.61. The Balaban J connectivity index is 2.24. The van der Waals surface area contributed by atoms with Crippen LogP contribution in [-0.4, -0.2) is 5.91 Å². The van der Waals surface area contributed by atoms with Crippen LogP contribution in [0.2, 0.25) is 0 Å². The molecule has 0 aromatic carbocycles. The SMILES string of the molecule is O=C([NH][Ti])C1CCC1. The standard InChI is InChI=1S/C5H9NO.Ti/c6-5(7)4-2-1-3-4;/h4H,1-3H2,(H2,6,7);/q;+1/p-1. The molecule has 1 amide bonds. The van der Waals surface area contributed by atoms with Gasteiger partial charge in [0.2, 0.25) is 0 Å². The molecular formula is C5H8NOTi. The Bertz CT molecular complexity index is 101. The van der Waals surface area contributed by atoms with Gasteiger partial charge in [-0.3, -0.25) is 0 Å². The third-order valence-corrected chi connectivity index (χ3v) is 1.98. The van der Waals surface area contributed by atoms with Crippen LogP contribution >= 0.6 is 0 Å². The molecule has 1 saturated carbocycles. The molecule has 1 N–H and O–H groups in total. The molecule has 0 aromatic heterocycles. The predicted molar refractivity (Wildman–Crippen MR) is 25.5 cm³/mol. The third-order valence-electron chi connectivity index (χ3n) is 1.60. The van der Waals surface area contributed by atoms with Gasteiger partial charge < -0.3 is 0 Å². The number of hydrogen-bond acceptors (Lipinski definition) is 1. The zero-order chi connectivity index (χ0) is 5.98. The van der Waals surface area contributed by atoms with Gasteiger partial charge in [0.1, 0.15) is 0 Å². The first kappa shape index (κ1) is 6.31. The van der Waals surface area contributed by atoms with Crippen LogP contribution in [0, 0.1) is 5.92 Å². The summed E-state index contributed by atoms with van der Waals surface area (Å²) in [5.41, 5.74) is 0. The molecule has 0 spiro atoms. The van der Waals surface area contributed by atoms with Gasteiger partial charge in [-0.25, -0.2) is 0 Å². The number of hydrogen-bond donors (Lipinski definition) is 1. The van der Waals surface area contributed by atoms with E-state index in [-0.39, 0.29) is 5.91 Å². The summed E-state index contributed by atoms with van der Waals surface area (Å²) in [4.78, 5) is 10.7. The van der Waals surface area contributed by atoms with Crippen molar-refractivity contribution in [2.24, 2.45) is 5.92 Å². The quantitative estimate of drug-likeness (QED) is 0.531. The van der Waals surface area contributed by atoms with Gasteiger partial charge in [-0.15, -0.1) is 0 Å². The Morgan fingerprint density at radius 2 is 2.25 bits per heavy atom. The van der Waals surface area contributed by atoms with Crippen molar-refractivity contribution in [1.82, 2.24) is 3.80 Å². The molecule has 1 rings (SSSR count). The average molecular weight is 146 g/mol. The first-order valence-electron chi connectivity index (χ1n) is 2.81. The van der Waals surface area contributed by atoms with Crippen molar-refractivity contribution in [2.75, 3.05) is 0 Å². The summed E-state index contributed by atoms with van der Waals surface area (Å²) >= 11 is 1.70. The second-order valence-corrected chi connectivity index (χ2v) is 2.51. The molecular weight excluding hydrogens is 138 g/mol. The molecule has 2 nitrogen and oxygen atoms in total. The predicted octanol–water partition coefficient (Wildman–Crippen LogP) is 0.364. The molecule has 0 atom stereocenters.